The maximum atomic E-state index is 12.2. The van der Waals surface area contributed by atoms with E-state index in [0.29, 0.717) is 11.8 Å². The van der Waals surface area contributed by atoms with Gasteiger partial charge in [-0.25, -0.2) is 0 Å². The van der Waals surface area contributed by atoms with Crippen molar-refractivity contribution in [3.63, 3.8) is 0 Å². The third-order valence-corrected chi connectivity index (χ3v) is 5.12. The van der Waals surface area contributed by atoms with Gasteiger partial charge in [0.25, 0.3) is 0 Å². The standard InChI is InChI=1S/C14H21NO3/c1-9(16)15-14-6-10-3-11(7-14)5-13(4-10,8-14)12(17)18-2/h10-11H,3-8H2,1-2H3,(H,15,16)/t10-,11+,13?,14?. The van der Waals surface area contributed by atoms with Crippen LogP contribution in [0.4, 0.5) is 0 Å². The van der Waals surface area contributed by atoms with Crippen LogP contribution < -0.4 is 5.32 Å². The quantitative estimate of drug-likeness (QED) is 0.759. The Morgan fingerprint density at radius 1 is 1.17 bits per heavy atom. The molecule has 4 rings (SSSR count). The van der Waals surface area contributed by atoms with Crippen LogP contribution in [0.3, 0.4) is 0 Å². The topological polar surface area (TPSA) is 55.4 Å². The number of hydrogen-bond acceptors (Lipinski definition) is 3. The van der Waals surface area contributed by atoms with Gasteiger partial charge >= 0.3 is 5.97 Å². The number of methoxy groups -OCH3 is 1. The lowest BCUT2D eigenvalue weighted by atomic mass is 9.47. The lowest BCUT2D eigenvalue weighted by molar-refractivity contribution is -0.173. The fourth-order valence-electron chi connectivity index (χ4n) is 5.24. The third kappa shape index (κ3) is 1.65. The van der Waals surface area contributed by atoms with Gasteiger partial charge < -0.3 is 10.1 Å². The zero-order chi connectivity index (χ0) is 13.0. The zero-order valence-corrected chi connectivity index (χ0v) is 11.1. The average Bonchev–Trinajstić information content (AvgIpc) is 2.24. The van der Waals surface area contributed by atoms with E-state index in [1.807, 2.05) is 0 Å². The van der Waals surface area contributed by atoms with Gasteiger partial charge in [-0.3, -0.25) is 9.59 Å². The van der Waals surface area contributed by atoms with Crippen LogP contribution >= 0.6 is 0 Å². The molecule has 100 valence electrons. The molecule has 4 aliphatic rings. The molecule has 0 aromatic carbocycles. The van der Waals surface area contributed by atoms with E-state index in [9.17, 15) is 9.59 Å². The maximum absolute atomic E-state index is 12.2. The molecule has 1 amide bonds. The molecule has 1 N–H and O–H groups in total. The molecule has 0 saturated heterocycles. The van der Waals surface area contributed by atoms with Crippen LogP contribution in [0.15, 0.2) is 0 Å². The summed E-state index contributed by atoms with van der Waals surface area (Å²) in [4.78, 5) is 23.6. The number of hydrogen-bond donors (Lipinski definition) is 1. The van der Waals surface area contributed by atoms with Gasteiger partial charge in [0.15, 0.2) is 0 Å². The Morgan fingerprint density at radius 3 is 2.28 bits per heavy atom. The summed E-state index contributed by atoms with van der Waals surface area (Å²) in [7, 11) is 1.48. The molecule has 0 heterocycles. The second kappa shape index (κ2) is 3.72. The Labute approximate surface area is 107 Å². The first-order valence-electron chi connectivity index (χ1n) is 6.84. The van der Waals surface area contributed by atoms with E-state index in [1.54, 1.807) is 6.92 Å². The Bertz CT molecular complexity index is 390. The Morgan fingerprint density at radius 2 is 1.78 bits per heavy atom. The number of esters is 1. The molecule has 0 aromatic heterocycles. The van der Waals surface area contributed by atoms with Gasteiger partial charge in [-0.2, -0.15) is 0 Å². The summed E-state index contributed by atoms with van der Waals surface area (Å²) >= 11 is 0. The van der Waals surface area contributed by atoms with Crippen molar-refractivity contribution < 1.29 is 14.3 Å². The fourth-order valence-corrected chi connectivity index (χ4v) is 5.24. The highest BCUT2D eigenvalue weighted by molar-refractivity contribution is 5.79. The number of carbonyl (C=O) groups excluding carboxylic acids is 2. The van der Waals surface area contributed by atoms with Gasteiger partial charge in [-0.05, 0) is 50.4 Å². The van der Waals surface area contributed by atoms with Gasteiger partial charge in [-0.1, -0.05) is 0 Å². The summed E-state index contributed by atoms with van der Waals surface area (Å²) in [6, 6.07) is 0. The van der Waals surface area contributed by atoms with Crippen molar-refractivity contribution >= 4 is 11.9 Å². The van der Waals surface area contributed by atoms with E-state index >= 15 is 0 Å². The fraction of sp³-hybridized carbons (Fsp3) is 0.857. The summed E-state index contributed by atoms with van der Waals surface area (Å²) in [5.74, 6) is 1.12. The number of nitrogens with one attached hydrogen (secondary N) is 1. The first-order valence-corrected chi connectivity index (χ1v) is 6.84. The van der Waals surface area contributed by atoms with Gasteiger partial charge in [0.2, 0.25) is 5.91 Å². The molecular weight excluding hydrogens is 230 g/mol. The maximum Gasteiger partial charge on any atom is 0.311 e. The van der Waals surface area contributed by atoms with Crippen LogP contribution in [0.2, 0.25) is 0 Å². The van der Waals surface area contributed by atoms with Gasteiger partial charge in [0, 0.05) is 12.5 Å². The largest absolute Gasteiger partial charge is 0.469 e. The molecule has 4 nitrogen and oxygen atoms in total. The van der Waals surface area contributed by atoms with Crippen LogP contribution in [0, 0.1) is 17.3 Å². The molecule has 4 aliphatic carbocycles. The molecule has 4 atom stereocenters. The van der Waals surface area contributed by atoms with Gasteiger partial charge in [0.05, 0.1) is 12.5 Å². The van der Waals surface area contributed by atoms with Crippen LogP contribution in [0.5, 0.6) is 0 Å². The normalized spacial score (nSPS) is 44.8. The first-order chi connectivity index (χ1) is 8.47. The molecule has 0 aromatic rings. The van der Waals surface area contributed by atoms with Gasteiger partial charge in [0.1, 0.15) is 0 Å². The minimum atomic E-state index is -0.318. The number of rotatable bonds is 2. The summed E-state index contributed by atoms with van der Waals surface area (Å²) in [6.45, 7) is 1.57. The first kappa shape index (κ1) is 12.0. The third-order valence-electron chi connectivity index (χ3n) is 5.12. The lowest BCUT2D eigenvalue weighted by Crippen LogP contribution is -2.64. The van der Waals surface area contributed by atoms with Crippen molar-refractivity contribution in [3.8, 4) is 0 Å². The molecule has 4 heteroatoms. The van der Waals surface area contributed by atoms with E-state index < -0.39 is 0 Å². The Hall–Kier alpha value is -1.06. The zero-order valence-electron chi connectivity index (χ0n) is 11.1. The highest BCUT2D eigenvalue weighted by Crippen LogP contribution is 2.61. The smallest absolute Gasteiger partial charge is 0.311 e. The van der Waals surface area contributed by atoms with E-state index in [2.05, 4.69) is 5.32 Å². The molecule has 2 unspecified atom stereocenters. The summed E-state index contributed by atoms with van der Waals surface area (Å²) < 4.78 is 5.03. The predicted octanol–water partition coefficient (Wildman–Crippen LogP) is 1.63. The van der Waals surface area contributed by atoms with Crippen molar-refractivity contribution in [3.05, 3.63) is 0 Å². The summed E-state index contributed by atoms with van der Waals surface area (Å²) in [5.41, 5.74) is -0.453. The number of ether oxygens (including phenoxy) is 1. The molecular formula is C14H21NO3. The van der Waals surface area contributed by atoms with Crippen molar-refractivity contribution in [1.82, 2.24) is 5.32 Å². The Kier molecular flexibility index (Phi) is 2.48. The monoisotopic (exact) mass is 251 g/mol. The molecule has 18 heavy (non-hydrogen) atoms. The number of carbonyl (C=O) groups is 2. The van der Waals surface area contributed by atoms with E-state index in [0.717, 1.165) is 32.1 Å². The predicted molar refractivity (Wildman–Crippen MR) is 65.7 cm³/mol. The van der Waals surface area contributed by atoms with Crippen molar-refractivity contribution in [2.45, 2.75) is 51.0 Å². The van der Waals surface area contributed by atoms with E-state index in [4.69, 9.17) is 4.74 Å². The van der Waals surface area contributed by atoms with E-state index in [-0.39, 0.29) is 22.8 Å². The van der Waals surface area contributed by atoms with E-state index in [1.165, 1.54) is 13.5 Å². The number of amides is 1. The minimum Gasteiger partial charge on any atom is -0.469 e. The van der Waals surface area contributed by atoms with Crippen LogP contribution in [0.25, 0.3) is 0 Å². The minimum absolute atomic E-state index is 0.0250. The molecule has 4 saturated carbocycles. The van der Waals surface area contributed by atoms with Crippen LogP contribution in [-0.2, 0) is 14.3 Å². The highest BCUT2D eigenvalue weighted by atomic mass is 16.5. The van der Waals surface area contributed by atoms with Crippen LogP contribution in [-0.4, -0.2) is 24.5 Å². The highest BCUT2D eigenvalue weighted by Gasteiger charge is 2.61. The second-order valence-corrected chi connectivity index (χ2v) is 6.69. The van der Waals surface area contributed by atoms with Crippen molar-refractivity contribution in [2.24, 2.45) is 17.3 Å². The summed E-state index contributed by atoms with van der Waals surface area (Å²) in [5, 5.41) is 3.14. The van der Waals surface area contributed by atoms with Crippen molar-refractivity contribution in [1.29, 1.82) is 0 Å². The molecule has 4 fully saturated rings. The second-order valence-electron chi connectivity index (χ2n) is 6.69. The molecule has 0 aliphatic heterocycles. The molecule has 0 radical (unpaired) electrons. The summed E-state index contributed by atoms with van der Waals surface area (Å²) in [6.07, 6.45) is 6.00. The van der Waals surface area contributed by atoms with Crippen LogP contribution in [0.1, 0.15) is 45.4 Å². The lowest BCUT2D eigenvalue weighted by Gasteiger charge is -2.60. The molecule has 4 bridgehead atoms. The molecule has 0 spiro atoms. The SMILES string of the molecule is COC(=O)C12C[C@@H]3C[C@@H](CC(NC(C)=O)(C3)C1)C2. The van der Waals surface area contributed by atoms with Gasteiger partial charge in [-0.15, -0.1) is 0 Å². The van der Waals surface area contributed by atoms with Crippen molar-refractivity contribution in [2.75, 3.05) is 7.11 Å². The average molecular weight is 251 g/mol. The Balaban J connectivity index is 1.92.